The first-order valence-electron chi connectivity index (χ1n) is 5.19. The van der Waals surface area contributed by atoms with Gasteiger partial charge in [-0.25, -0.2) is 0 Å². The van der Waals surface area contributed by atoms with Gasteiger partial charge in [0, 0.05) is 18.1 Å². The van der Waals surface area contributed by atoms with Crippen molar-refractivity contribution >= 4 is 11.6 Å². The minimum atomic E-state index is -4.65. The Hall–Kier alpha value is -0.820. The molecular formula is C11H13ClF3NO2. The maximum absolute atomic E-state index is 12.0. The molecule has 0 radical (unpaired) electrons. The van der Waals surface area contributed by atoms with Crippen LogP contribution in [0.2, 0.25) is 5.02 Å². The molecule has 18 heavy (non-hydrogen) atoms. The van der Waals surface area contributed by atoms with Crippen LogP contribution in [0.5, 0.6) is 0 Å². The highest BCUT2D eigenvalue weighted by Gasteiger charge is 2.37. The average molecular weight is 284 g/mol. The van der Waals surface area contributed by atoms with Crippen molar-refractivity contribution in [3.63, 3.8) is 0 Å². The molecule has 1 aromatic carbocycles. The Morgan fingerprint density at radius 2 is 1.67 bits per heavy atom. The molecule has 0 heterocycles. The predicted molar refractivity (Wildman–Crippen MR) is 61.3 cm³/mol. The molecule has 0 spiro atoms. The number of aliphatic hydroxyl groups is 2. The summed E-state index contributed by atoms with van der Waals surface area (Å²) in [5.41, 5.74) is 0.536. The maximum atomic E-state index is 12.0. The molecule has 0 fully saturated rings. The number of benzene rings is 1. The average Bonchev–Trinajstić information content (AvgIpc) is 2.28. The number of halogens is 4. The van der Waals surface area contributed by atoms with Gasteiger partial charge in [-0.2, -0.15) is 13.2 Å². The third-order valence-electron chi connectivity index (χ3n) is 2.31. The topological polar surface area (TPSA) is 52.5 Å². The monoisotopic (exact) mass is 283 g/mol. The zero-order valence-corrected chi connectivity index (χ0v) is 10.0. The van der Waals surface area contributed by atoms with Crippen LogP contribution in [-0.2, 0) is 0 Å². The second-order valence-corrected chi connectivity index (χ2v) is 4.22. The van der Waals surface area contributed by atoms with Gasteiger partial charge in [-0.05, 0) is 17.7 Å². The molecule has 0 aliphatic rings. The lowest BCUT2D eigenvalue weighted by Gasteiger charge is -2.17. The van der Waals surface area contributed by atoms with Crippen molar-refractivity contribution in [2.45, 2.75) is 18.4 Å². The van der Waals surface area contributed by atoms with Gasteiger partial charge in [0.25, 0.3) is 0 Å². The van der Waals surface area contributed by atoms with Crippen LogP contribution < -0.4 is 5.32 Å². The van der Waals surface area contributed by atoms with Gasteiger partial charge in [0.15, 0.2) is 6.10 Å². The molecule has 1 aromatic rings. The summed E-state index contributed by atoms with van der Waals surface area (Å²) in [6.07, 6.45) is -8.05. The molecular weight excluding hydrogens is 271 g/mol. The molecule has 0 saturated carbocycles. The molecule has 0 aliphatic carbocycles. The zero-order valence-electron chi connectivity index (χ0n) is 9.28. The van der Waals surface area contributed by atoms with E-state index in [4.69, 9.17) is 16.7 Å². The van der Waals surface area contributed by atoms with Gasteiger partial charge < -0.3 is 15.5 Å². The minimum absolute atomic E-state index is 0.0885. The Balaban J connectivity index is 2.38. The summed E-state index contributed by atoms with van der Waals surface area (Å²) in [5.74, 6) is 0. The van der Waals surface area contributed by atoms with E-state index in [1.807, 2.05) is 0 Å². The fraction of sp³-hybridized carbons (Fsp3) is 0.455. The third kappa shape index (κ3) is 4.81. The number of alkyl halides is 3. The lowest BCUT2D eigenvalue weighted by Crippen LogP contribution is -2.39. The van der Waals surface area contributed by atoms with Gasteiger partial charge in [-0.15, -0.1) is 0 Å². The van der Waals surface area contributed by atoms with Crippen molar-refractivity contribution in [3.8, 4) is 0 Å². The summed E-state index contributed by atoms with van der Waals surface area (Å²) in [4.78, 5) is 0. The molecule has 0 bridgehead atoms. The van der Waals surface area contributed by atoms with Crippen LogP contribution in [0.15, 0.2) is 24.3 Å². The standard InChI is InChI=1S/C11H13ClF3NO2/c12-8-3-1-7(2-4-8)9(17)5-16-6-10(18)11(13,14)15/h1-4,9-10,16-18H,5-6H2. The van der Waals surface area contributed by atoms with E-state index < -0.39 is 24.9 Å². The van der Waals surface area contributed by atoms with Gasteiger partial charge in [0.2, 0.25) is 0 Å². The number of hydrogen-bond donors (Lipinski definition) is 3. The Morgan fingerprint density at radius 1 is 1.11 bits per heavy atom. The second-order valence-electron chi connectivity index (χ2n) is 3.78. The van der Waals surface area contributed by atoms with Crippen LogP contribution in [0.1, 0.15) is 11.7 Å². The SMILES string of the molecule is OC(CNCC(O)C(F)(F)F)c1ccc(Cl)cc1. The van der Waals surface area contributed by atoms with E-state index in [-0.39, 0.29) is 6.54 Å². The number of aliphatic hydroxyl groups excluding tert-OH is 2. The zero-order chi connectivity index (χ0) is 13.8. The molecule has 2 unspecified atom stereocenters. The lowest BCUT2D eigenvalue weighted by molar-refractivity contribution is -0.202. The Kier molecular flexibility index (Phi) is 5.40. The normalized spacial score (nSPS) is 15.4. The molecule has 0 saturated heterocycles. The Morgan fingerprint density at radius 3 is 2.17 bits per heavy atom. The van der Waals surface area contributed by atoms with Gasteiger partial charge in [0.1, 0.15) is 0 Å². The van der Waals surface area contributed by atoms with Gasteiger partial charge >= 0.3 is 6.18 Å². The van der Waals surface area contributed by atoms with Crippen LogP contribution in [0, 0.1) is 0 Å². The summed E-state index contributed by atoms with van der Waals surface area (Å²) in [6, 6.07) is 6.30. The van der Waals surface area contributed by atoms with Gasteiger partial charge in [-0.1, -0.05) is 23.7 Å². The molecule has 0 aliphatic heterocycles. The van der Waals surface area contributed by atoms with Crippen molar-refractivity contribution < 1.29 is 23.4 Å². The molecule has 3 nitrogen and oxygen atoms in total. The fourth-order valence-electron chi connectivity index (χ4n) is 1.28. The van der Waals surface area contributed by atoms with E-state index >= 15 is 0 Å². The van der Waals surface area contributed by atoms with Crippen molar-refractivity contribution in [1.29, 1.82) is 0 Å². The maximum Gasteiger partial charge on any atom is 0.415 e. The van der Waals surface area contributed by atoms with Crippen LogP contribution in [0.25, 0.3) is 0 Å². The number of rotatable bonds is 5. The summed E-state index contributed by atoms with van der Waals surface area (Å²) in [7, 11) is 0. The van der Waals surface area contributed by atoms with E-state index in [9.17, 15) is 18.3 Å². The molecule has 0 amide bonds. The van der Waals surface area contributed by atoms with Gasteiger partial charge in [-0.3, -0.25) is 0 Å². The quantitative estimate of drug-likeness (QED) is 0.773. The largest absolute Gasteiger partial charge is 0.415 e. The first-order valence-corrected chi connectivity index (χ1v) is 5.57. The lowest BCUT2D eigenvalue weighted by atomic mass is 10.1. The Bertz CT molecular complexity index is 370. The van der Waals surface area contributed by atoms with Crippen LogP contribution in [-0.4, -0.2) is 35.6 Å². The highest BCUT2D eigenvalue weighted by Crippen LogP contribution is 2.19. The van der Waals surface area contributed by atoms with Crippen LogP contribution in [0.3, 0.4) is 0 Å². The van der Waals surface area contributed by atoms with Crippen molar-refractivity contribution in [2.75, 3.05) is 13.1 Å². The van der Waals surface area contributed by atoms with E-state index in [2.05, 4.69) is 5.32 Å². The van der Waals surface area contributed by atoms with Crippen LogP contribution >= 0.6 is 11.6 Å². The summed E-state index contributed by atoms with van der Waals surface area (Å²) < 4.78 is 35.9. The van der Waals surface area contributed by atoms with Crippen molar-refractivity contribution in [1.82, 2.24) is 5.32 Å². The first kappa shape index (κ1) is 15.2. The summed E-state index contributed by atoms with van der Waals surface area (Å²) in [5, 5.41) is 21.2. The molecule has 3 N–H and O–H groups in total. The molecule has 1 rings (SSSR count). The molecule has 102 valence electrons. The van der Waals surface area contributed by atoms with Crippen molar-refractivity contribution in [3.05, 3.63) is 34.9 Å². The summed E-state index contributed by atoms with van der Waals surface area (Å²) in [6.45, 7) is -0.747. The van der Waals surface area contributed by atoms with Crippen molar-refractivity contribution in [2.24, 2.45) is 0 Å². The number of nitrogens with one attached hydrogen (secondary N) is 1. The Labute approximate surface area is 107 Å². The molecule has 7 heteroatoms. The number of hydrogen-bond acceptors (Lipinski definition) is 3. The van der Waals surface area contributed by atoms with Gasteiger partial charge in [0.05, 0.1) is 6.10 Å². The molecule has 2 atom stereocenters. The fourth-order valence-corrected chi connectivity index (χ4v) is 1.40. The van der Waals surface area contributed by atoms with Crippen LogP contribution in [0.4, 0.5) is 13.2 Å². The third-order valence-corrected chi connectivity index (χ3v) is 2.56. The predicted octanol–water partition coefficient (Wildman–Crippen LogP) is 1.89. The highest BCUT2D eigenvalue weighted by atomic mass is 35.5. The minimum Gasteiger partial charge on any atom is -0.387 e. The summed E-state index contributed by atoms with van der Waals surface area (Å²) >= 11 is 5.66. The smallest absolute Gasteiger partial charge is 0.387 e. The highest BCUT2D eigenvalue weighted by molar-refractivity contribution is 6.30. The first-order chi connectivity index (χ1) is 8.30. The van der Waals surface area contributed by atoms with E-state index in [0.717, 1.165) is 0 Å². The second kappa shape index (κ2) is 6.38. The molecule has 0 aromatic heterocycles. The van der Waals surface area contributed by atoms with E-state index in [1.54, 1.807) is 24.3 Å². The van der Waals surface area contributed by atoms with E-state index in [1.165, 1.54) is 0 Å². The van der Waals surface area contributed by atoms with E-state index in [0.29, 0.717) is 10.6 Å².